The Balaban J connectivity index is 1.87. The highest BCUT2D eigenvalue weighted by atomic mass is 79.9. The van der Waals surface area contributed by atoms with Gasteiger partial charge in [0.1, 0.15) is 0 Å². The second-order valence-electron chi connectivity index (χ2n) is 4.32. The van der Waals surface area contributed by atoms with Crippen LogP contribution in [0.15, 0.2) is 53.0 Å². The summed E-state index contributed by atoms with van der Waals surface area (Å²) in [5.74, 6) is -1.05. The molecule has 22 heavy (non-hydrogen) atoms. The Morgan fingerprint density at radius 3 is 2.55 bits per heavy atom. The third-order valence-electron chi connectivity index (χ3n) is 2.69. The highest BCUT2D eigenvalue weighted by Crippen LogP contribution is 2.15. The van der Waals surface area contributed by atoms with Crippen LogP contribution in [0.25, 0.3) is 0 Å². The first-order valence-electron chi connectivity index (χ1n) is 6.31. The third kappa shape index (κ3) is 4.43. The molecule has 110 valence electrons. The average molecular weight is 359 g/mol. The number of amides is 1. The van der Waals surface area contributed by atoms with Crippen molar-refractivity contribution in [1.82, 2.24) is 0 Å². The van der Waals surface area contributed by atoms with E-state index in [1.54, 1.807) is 18.2 Å². The summed E-state index contributed by atoms with van der Waals surface area (Å²) >= 11 is 3.30. The zero-order valence-corrected chi connectivity index (χ0v) is 13.0. The summed E-state index contributed by atoms with van der Waals surface area (Å²) in [6.07, 6.45) is 0. The van der Waals surface area contributed by atoms with Gasteiger partial charge in [0.15, 0.2) is 6.61 Å². The molecule has 1 N–H and O–H groups in total. The van der Waals surface area contributed by atoms with E-state index < -0.39 is 11.9 Å². The van der Waals surface area contributed by atoms with Crippen molar-refractivity contribution < 1.29 is 14.3 Å². The number of nitriles is 1. The van der Waals surface area contributed by atoms with Gasteiger partial charge in [-0.2, -0.15) is 5.26 Å². The van der Waals surface area contributed by atoms with E-state index in [4.69, 9.17) is 10.00 Å². The van der Waals surface area contributed by atoms with Gasteiger partial charge in [-0.05, 0) is 42.5 Å². The molecule has 0 aromatic heterocycles. The number of hydrogen-bond donors (Lipinski definition) is 1. The van der Waals surface area contributed by atoms with Crippen molar-refractivity contribution in [3.8, 4) is 6.07 Å². The molecule has 5 nitrogen and oxygen atoms in total. The summed E-state index contributed by atoms with van der Waals surface area (Å²) in [5, 5.41) is 11.3. The predicted octanol–water partition coefficient (Wildman–Crippen LogP) is 3.12. The molecule has 0 unspecified atom stereocenters. The summed E-state index contributed by atoms with van der Waals surface area (Å²) in [5.41, 5.74) is 1.34. The Labute approximate surface area is 135 Å². The fraction of sp³-hybridized carbons (Fsp3) is 0.0625. The van der Waals surface area contributed by atoms with Gasteiger partial charge in [0.05, 0.1) is 17.2 Å². The third-order valence-corrected chi connectivity index (χ3v) is 3.19. The molecule has 0 radical (unpaired) electrons. The molecular formula is C16H11BrN2O3. The summed E-state index contributed by atoms with van der Waals surface area (Å²) in [6, 6.07) is 15.0. The largest absolute Gasteiger partial charge is 0.452 e. The van der Waals surface area contributed by atoms with Gasteiger partial charge in [-0.1, -0.05) is 22.0 Å². The van der Waals surface area contributed by atoms with Gasteiger partial charge in [-0.15, -0.1) is 0 Å². The standard InChI is InChI=1S/C16H11BrN2O3/c17-13-2-1-3-14(8-13)19-15(20)10-22-16(21)12-6-4-11(9-18)5-7-12/h1-8H,10H2,(H,19,20). The SMILES string of the molecule is N#Cc1ccc(C(=O)OCC(=O)Nc2cccc(Br)c2)cc1. The zero-order chi connectivity index (χ0) is 15.9. The Hall–Kier alpha value is -2.65. The lowest BCUT2D eigenvalue weighted by Gasteiger charge is -2.07. The monoisotopic (exact) mass is 358 g/mol. The second kappa shape index (κ2) is 7.38. The fourth-order valence-electron chi connectivity index (χ4n) is 1.66. The van der Waals surface area contributed by atoms with Crippen LogP contribution in [0.1, 0.15) is 15.9 Å². The van der Waals surface area contributed by atoms with Gasteiger partial charge in [0.2, 0.25) is 0 Å². The summed E-state index contributed by atoms with van der Waals surface area (Å²) in [7, 11) is 0. The maximum atomic E-state index is 11.8. The normalized spacial score (nSPS) is 9.64. The van der Waals surface area contributed by atoms with Gasteiger partial charge < -0.3 is 10.1 Å². The molecule has 0 fully saturated rings. The number of benzene rings is 2. The Morgan fingerprint density at radius 2 is 1.91 bits per heavy atom. The van der Waals surface area contributed by atoms with Crippen molar-refractivity contribution in [2.45, 2.75) is 0 Å². The van der Waals surface area contributed by atoms with Crippen LogP contribution in [0.3, 0.4) is 0 Å². The maximum absolute atomic E-state index is 11.8. The minimum atomic E-state index is -0.617. The average Bonchev–Trinajstić information content (AvgIpc) is 2.52. The molecule has 0 saturated carbocycles. The molecule has 0 saturated heterocycles. The number of rotatable bonds is 4. The molecule has 0 aliphatic carbocycles. The Morgan fingerprint density at radius 1 is 1.18 bits per heavy atom. The number of anilines is 1. The quantitative estimate of drug-likeness (QED) is 0.851. The molecule has 0 heterocycles. The van der Waals surface area contributed by atoms with Crippen LogP contribution in [-0.4, -0.2) is 18.5 Å². The number of carbonyl (C=O) groups excluding carboxylic acids is 2. The van der Waals surface area contributed by atoms with E-state index in [1.807, 2.05) is 12.1 Å². The van der Waals surface area contributed by atoms with E-state index in [9.17, 15) is 9.59 Å². The van der Waals surface area contributed by atoms with E-state index in [-0.39, 0.29) is 12.2 Å². The Kier molecular flexibility index (Phi) is 5.28. The van der Waals surface area contributed by atoms with E-state index >= 15 is 0 Å². The minimum Gasteiger partial charge on any atom is -0.452 e. The lowest BCUT2D eigenvalue weighted by atomic mass is 10.1. The van der Waals surface area contributed by atoms with Crippen molar-refractivity contribution in [1.29, 1.82) is 5.26 Å². The molecule has 0 bridgehead atoms. The van der Waals surface area contributed by atoms with Crippen molar-refractivity contribution in [2.75, 3.05) is 11.9 Å². The van der Waals surface area contributed by atoms with E-state index in [1.165, 1.54) is 24.3 Å². The van der Waals surface area contributed by atoms with Gasteiger partial charge >= 0.3 is 5.97 Å². The van der Waals surface area contributed by atoms with E-state index in [2.05, 4.69) is 21.2 Å². The van der Waals surface area contributed by atoms with Gasteiger partial charge in [-0.25, -0.2) is 4.79 Å². The Bertz CT molecular complexity index is 736. The molecule has 0 atom stereocenters. The predicted molar refractivity (Wildman–Crippen MR) is 84.2 cm³/mol. The van der Waals surface area contributed by atoms with E-state index in [0.717, 1.165) is 4.47 Å². The van der Waals surface area contributed by atoms with E-state index in [0.29, 0.717) is 11.3 Å². The highest BCUT2D eigenvalue weighted by Gasteiger charge is 2.10. The topological polar surface area (TPSA) is 79.2 Å². The summed E-state index contributed by atoms with van der Waals surface area (Å²) in [6.45, 7) is -0.384. The van der Waals surface area contributed by atoms with Crippen molar-refractivity contribution >= 4 is 33.5 Å². The number of nitrogens with zero attached hydrogens (tertiary/aromatic N) is 1. The molecule has 0 aliphatic heterocycles. The van der Waals surface area contributed by atoms with Crippen molar-refractivity contribution in [2.24, 2.45) is 0 Å². The molecule has 0 spiro atoms. The van der Waals surface area contributed by atoms with Crippen molar-refractivity contribution in [3.05, 3.63) is 64.1 Å². The first kappa shape index (κ1) is 15.7. The van der Waals surface area contributed by atoms with Crippen LogP contribution >= 0.6 is 15.9 Å². The molecular weight excluding hydrogens is 348 g/mol. The first-order valence-corrected chi connectivity index (χ1v) is 7.10. The lowest BCUT2D eigenvalue weighted by Crippen LogP contribution is -2.20. The highest BCUT2D eigenvalue weighted by molar-refractivity contribution is 9.10. The number of ether oxygens (including phenoxy) is 1. The van der Waals surface area contributed by atoms with Crippen LogP contribution < -0.4 is 5.32 Å². The van der Waals surface area contributed by atoms with Gasteiger partial charge in [0.25, 0.3) is 5.91 Å². The van der Waals surface area contributed by atoms with Crippen LogP contribution in [-0.2, 0) is 9.53 Å². The van der Waals surface area contributed by atoms with Crippen LogP contribution in [0.5, 0.6) is 0 Å². The van der Waals surface area contributed by atoms with Crippen LogP contribution in [0, 0.1) is 11.3 Å². The fourth-order valence-corrected chi connectivity index (χ4v) is 2.06. The van der Waals surface area contributed by atoms with Gasteiger partial charge in [-0.3, -0.25) is 4.79 Å². The molecule has 0 aliphatic rings. The minimum absolute atomic E-state index is 0.286. The maximum Gasteiger partial charge on any atom is 0.338 e. The lowest BCUT2D eigenvalue weighted by molar-refractivity contribution is -0.119. The van der Waals surface area contributed by atoms with Gasteiger partial charge in [0, 0.05) is 10.2 Å². The van der Waals surface area contributed by atoms with Crippen LogP contribution in [0.2, 0.25) is 0 Å². The van der Waals surface area contributed by atoms with Crippen LogP contribution in [0.4, 0.5) is 5.69 Å². The molecule has 2 aromatic carbocycles. The summed E-state index contributed by atoms with van der Waals surface area (Å²) in [4.78, 5) is 23.5. The molecule has 6 heteroatoms. The number of halogens is 1. The zero-order valence-electron chi connectivity index (χ0n) is 11.4. The number of esters is 1. The van der Waals surface area contributed by atoms with Crippen molar-refractivity contribution in [3.63, 3.8) is 0 Å². The molecule has 2 aromatic rings. The first-order chi connectivity index (χ1) is 10.6. The number of carbonyl (C=O) groups is 2. The molecule has 1 amide bonds. The second-order valence-corrected chi connectivity index (χ2v) is 5.24. The summed E-state index contributed by atoms with van der Waals surface area (Å²) < 4.78 is 5.75. The number of nitrogens with one attached hydrogen (secondary N) is 1. The number of hydrogen-bond acceptors (Lipinski definition) is 4. The molecule has 2 rings (SSSR count). The smallest absolute Gasteiger partial charge is 0.338 e.